The van der Waals surface area contributed by atoms with Gasteiger partial charge in [-0.15, -0.1) is 5.10 Å². The fourth-order valence-electron chi connectivity index (χ4n) is 2.77. The Hall–Kier alpha value is -3.03. The molecular formula is C16H17N5O3. The fourth-order valence-corrected chi connectivity index (χ4v) is 2.77. The van der Waals surface area contributed by atoms with Crippen molar-refractivity contribution in [3.05, 3.63) is 58.3 Å². The van der Waals surface area contributed by atoms with Gasteiger partial charge in [-0.25, -0.2) is 0 Å². The van der Waals surface area contributed by atoms with Crippen molar-refractivity contribution in [1.82, 2.24) is 15.5 Å². The van der Waals surface area contributed by atoms with Crippen molar-refractivity contribution in [2.75, 3.05) is 18.0 Å². The van der Waals surface area contributed by atoms with Crippen molar-refractivity contribution in [2.24, 2.45) is 0 Å². The van der Waals surface area contributed by atoms with Crippen LogP contribution in [0.1, 0.15) is 23.2 Å². The Kier molecular flexibility index (Phi) is 4.64. The van der Waals surface area contributed by atoms with Gasteiger partial charge in [0.2, 0.25) is 0 Å². The highest BCUT2D eigenvalue weighted by atomic mass is 16.6. The highest BCUT2D eigenvalue weighted by Crippen LogP contribution is 2.17. The summed E-state index contributed by atoms with van der Waals surface area (Å²) < 4.78 is 0. The Balaban J connectivity index is 1.62. The van der Waals surface area contributed by atoms with Crippen LogP contribution in [0, 0.1) is 10.1 Å². The number of nitro groups is 1. The number of nitrogens with one attached hydrogen (secondary N) is 1. The first kappa shape index (κ1) is 15.9. The van der Waals surface area contributed by atoms with Crippen LogP contribution in [0.4, 0.5) is 11.5 Å². The van der Waals surface area contributed by atoms with Crippen molar-refractivity contribution in [1.29, 1.82) is 0 Å². The Labute approximate surface area is 138 Å². The van der Waals surface area contributed by atoms with Crippen molar-refractivity contribution < 1.29 is 9.72 Å². The summed E-state index contributed by atoms with van der Waals surface area (Å²) in [4.78, 5) is 24.6. The van der Waals surface area contributed by atoms with Gasteiger partial charge in [0.05, 0.1) is 4.92 Å². The van der Waals surface area contributed by atoms with E-state index < -0.39 is 4.92 Å². The summed E-state index contributed by atoms with van der Waals surface area (Å²) in [5.74, 6) is 0.572. The zero-order valence-electron chi connectivity index (χ0n) is 13.0. The van der Waals surface area contributed by atoms with Crippen LogP contribution in [-0.2, 0) is 0 Å². The molecule has 0 bridgehead atoms. The van der Waals surface area contributed by atoms with E-state index >= 15 is 0 Å². The largest absolute Gasteiger partial charge is 0.353 e. The maximum absolute atomic E-state index is 12.3. The standard InChI is InChI=1S/C16H17N5O3/c22-16(12-5-7-14(8-6-12)21(23)24)18-13-3-2-10-20(11-13)15-4-1-9-17-19-15/h1,4-9,13H,2-3,10-11H2,(H,18,22)/t13-/m1/s1. The van der Waals surface area contributed by atoms with E-state index in [0.29, 0.717) is 12.1 Å². The van der Waals surface area contributed by atoms with E-state index in [1.807, 2.05) is 12.1 Å². The number of anilines is 1. The second kappa shape index (κ2) is 7.03. The molecule has 1 aliphatic heterocycles. The Morgan fingerprint density at radius 2 is 2.08 bits per heavy atom. The summed E-state index contributed by atoms with van der Waals surface area (Å²) in [6.45, 7) is 1.54. The van der Waals surface area contributed by atoms with Gasteiger partial charge in [-0.05, 0) is 37.1 Å². The predicted molar refractivity (Wildman–Crippen MR) is 87.8 cm³/mol. The smallest absolute Gasteiger partial charge is 0.269 e. The maximum atomic E-state index is 12.3. The number of carbonyl (C=O) groups excluding carboxylic acids is 1. The van der Waals surface area contributed by atoms with E-state index in [1.54, 1.807) is 6.20 Å². The molecule has 1 aromatic heterocycles. The van der Waals surface area contributed by atoms with E-state index in [4.69, 9.17) is 0 Å². The molecule has 0 radical (unpaired) electrons. The molecule has 124 valence electrons. The molecule has 24 heavy (non-hydrogen) atoms. The molecular weight excluding hydrogens is 310 g/mol. The summed E-state index contributed by atoms with van der Waals surface area (Å²) in [7, 11) is 0. The van der Waals surface area contributed by atoms with E-state index in [0.717, 1.165) is 25.2 Å². The normalized spacial score (nSPS) is 17.3. The lowest BCUT2D eigenvalue weighted by Crippen LogP contribution is -2.48. The van der Waals surface area contributed by atoms with Crippen LogP contribution in [-0.4, -0.2) is 40.2 Å². The lowest BCUT2D eigenvalue weighted by atomic mass is 10.0. The van der Waals surface area contributed by atoms with Gasteiger partial charge in [0, 0.05) is 43.0 Å². The van der Waals surface area contributed by atoms with Crippen LogP contribution in [0.15, 0.2) is 42.6 Å². The molecule has 1 saturated heterocycles. The summed E-state index contributed by atoms with van der Waals surface area (Å²) in [5, 5.41) is 21.6. The van der Waals surface area contributed by atoms with Crippen LogP contribution in [0.5, 0.6) is 0 Å². The number of aromatic nitrogens is 2. The second-order valence-electron chi connectivity index (χ2n) is 5.64. The number of amides is 1. The third-order valence-corrected chi connectivity index (χ3v) is 3.98. The van der Waals surface area contributed by atoms with E-state index in [-0.39, 0.29) is 17.6 Å². The molecule has 0 aliphatic carbocycles. The van der Waals surface area contributed by atoms with Gasteiger partial charge in [-0.3, -0.25) is 14.9 Å². The van der Waals surface area contributed by atoms with Crippen LogP contribution in [0.25, 0.3) is 0 Å². The average molecular weight is 327 g/mol. The maximum Gasteiger partial charge on any atom is 0.269 e. The van der Waals surface area contributed by atoms with Crippen LogP contribution < -0.4 is 10.2 Å². The van der Waals surface area contributed by atoms with Gasteiger partial charge >= 0.3 is 0 Å². The molecule has 1 N–H and O–H groups in total. The van der Waals surface area contributed by atoms with Crippen LogP contribution in [0.3, 0.4) is 0 Å². The molecule has 0 unspecified atom stereocenters. The first-order valence-electron chi connectivity index (χ1n) is 7.71. The van der Waals surface area contributed by atoms with Gasteiger partial charge in [-0.1, -0.05) is 0 Å². The number of hydrogen-bond donors (Lipinski definition) is 1. The predicted octanol–water partition coefficient (Wildman–Crippen LogP) is 1.78. The number of piperidine rings is 1. The number of nitrogens with zero attached hydrogens (tertiary/aromatic N) is 4. The van der Waals surface area contributed by atoms with Gasteiger partial charge < -0.3 is 10.2 Å². The molecule has 8 heteroatoms. The molecule has 0 saturated carbocycles. The van der Waals surface area contributed by atoms with Gasteiger partial charge in [0.15, 0.2) is 5.82 Å². The van der Waals surface area contributed by atoms with Gasteiger partial charge in [-0.2, -0.15) is 5.10 Å². The molecule has 2 heterocycles. The third-order valence-electron chi connectivity index (χ3n) is 3.98. The van der Waals surface area contributed by atoms with E-state index in [2.05, 4.69) is 20.4 Å². The topological polar surface area (TPSA) is 101 Å². The summed E-state index contributed by atoms with van der Waals surface area (Å²) in [6, 6.07) is 9.34. The number of carbonyl (C=O) groups is 1. The molecule has 8 nitrogen and oxygen atoms in total. The summed E-state index contributed by atoms with van der Waals surface area (Å²) >= 11 is 0. The molecule has 3 rings (SSSR count). The first-order valence-corrected chi connectivity index (χ1v) is 7.71. The molecule has 2 aromatic rings. The third kappa shape index (κ3) is 3.65. The monoisotopic (exact) mass is 327 g/mol. The molecule has 1 amide bonds. The quantitative estimate of drug-likeness (QED) is 0.678. The highest BCUT2D eigenvalue weighted by molar-refractivity contribution is 5.94. The van der Waals surface area contributed by atoms with Crippen molar-refractivity contribution in [3.63, 3.8) is 0 Å². The zero-order valence-corrected chi connectivity index (χ0v) is 13.0. The number of nitro benzene ring substituents is 1. The van der Waals surface area contributed by atoms with Gasteiger partial charge in [0.1, 0.15) is 0 Å². The number of hydrogen-bond acceptors (Lipinski definition) is 6. The summed E-state index contributed by atoms with van der Waals surface area (Å²) in [5.41, 5.74) is 0.385. The number of benzene rings is 1. The Morgan fingerprint density at radius 1 is 1.29 bits per heavy atom. The second-order valence-corrected chi connectivity index (χ2v) is 5.64. The molecule has 1 aromatic carbocycles. The molecule has 1 atom stereocenters. The highest BCUT2D eigenvalue weighted by Gasteiger charge is 2.23. The van der Waals surface area contributed by atoms with E-state index in [9.17, 15) is 14.9 Å². The molecule has 0 spiro atoms. The fraction of sp³-hybridized carbons (Fsp3) is 0.312. The minimum atomic E-state index is -0.485. The van der Waals surface area contributed by atoms with Gasteiger partial charge in [0.25, 0.3) is 11.6 Å². The Morgan fingerprint density at radius 3 is 2.75 bits per heavy atom. The Bertz CT molecular complexity index is 720. The van der Waals surface area contributed by atoms with Crippen molar-refractivity contribution in [2.45, 2.75) is 18.9 Å². The summed E-state index contributed by atoms with van der Waals surface area (Å²) in [6.07, 6.45) is 3.46. The molecule has 1 fully saturated rings. The van der Waals surface area contributed by atoms with Crippen molar-refractivity contribution >= 4 is 17.4 Å². The van der Waals surface area contributed by atoms with Crippen LogP contribution in [0.2, 0.25) is 0 Å². The zero-order chi connectivity index (χ0) is 16.9. The minimum absolute atomic E-state index is 0.00319. The molecule has 1 aliphatic rings. The van der Waals surface area contributed by atoms with Crippen molar-refractivity contribution in [3.8, 4) is 0 Å². The average Bonchev–Trinajstić information content (AvgIpc) is 2.63. The number of non-ortho nitro benzene ring substituents is 1. The SMILES string of the molecule is O=C(N[C@@H]1CCCN(c2cccnn2)C1)c1ccc([N+](=O)[O-])cc1. The van der Waals surface area contributed by atoms with E-state index in [1.165, 1.54) is 24.3 Å². The lowest BCUT2D eigenvalue weighted by molar-refractivity contribution is -0.384. The number of rotatable bonds is 4. The lowest BCUT2D eigenvalue weighted by Gasteiger charge is -2.33. The minimum Gasteiger partial charge on any atom is -0.353 e. The first-order chi connectivity index (χ1) is 11.6. The van der Waals surface area contributed by atoms with Crippen LogP contribution >= 0.6 is 0 Å².